The standard InChI is InChI=1S/C15H20N4O/c20-15(17-12-5-3-1-2-4-6-12)18-13-8-10-19-14(11-13)7-9-16-19/h7-12H,1-6H2,(H2,17,18,20). The molecule has 5 nitrogen and oxygen atoms in total. The summed E-state index contributed by atoms with van der Waals surface area (Å²) in [6, 6.07) is 5.89. The van der Waals surface area contributed by atoms with Crippen LogP contribution in [-0.2, 0) is 0 Å². The quantitative estimate of drug-likeness (QED) is 0.825. The average Bonchev–Trinajstić information content (AvgIpc) is 2.75. The minimum Gasteiger partial charge on any atom is -0.335 e. The molecular formula is C15H20N4O. The van der Waals surface area contributed by atoms with Crippen molar-refractivity contribution >= 4 is 17.2 Å². The van der Waals surface area contributed by atoms with Gasteiger partial charge < -0.3 is 10.6 Å². The van der Waals surface area contributed by atoms with Crippen molar-refractivity contribution in [1.29, 1.82) is 0 Å². The van der Waals surface area contributed by atoms with Crippen LogP contribution in [0.1, 0.15) is 38.5 Å². The predicted molar refractivity (Wildman–Crippen MR) is 78.8 cm³/mol. The molecule has 0 unspecified atom stereocenters. The number of carbonyl (C=O) groups is 1. The van der Waals surface area contributed by atoms with Crippen molar-refractivity contribution < 1.29 is 4.79 Å². The maximum atomic E-state index is 12.0. The third kappa shape index (κ3) is 3.10. The number of hydrogen-bond acceptors (Lipinski definition) is 2. The van der Waals surface area contributed by atoms with Gasteiger partial charge in [0.2, 0.25) is 0 Å². The summed E-state index contributed by atoms with van der Waals surface area (Å²) in [5.41, 5.74) is 1.77. The summed E-state index contributed by atoms with van der Waals surface area (Å²) in [7, 11) is 0. The molecule has 1 aliphatic rings. The van der Waals surface area contributed by atoms with E-state index < -0.39 is 0 Å². The fraction of sp³-hybridized carbons (Fsp3) is 0.467. The Bertz CT molecular complexity index is 584. The summed E-state index contributed by atoms with van der Waals surface area (Å²) in [5, 5.41) is 10.1. The van der Waals surface area contributed by atoms with Crippen LogP contribution in [0.3, 0.4) is 0 Å². The van der Waals surface area contributed by atoms with Crippen LogP contribution in [-0.4, -0.2) is 21.7 Å². The highest BCUT2D eigenvalue weighted by atomic mass is 16.2. The van der Waals surface area contributed by atoms with Crippen LogP contribution in [0.2, 0.25) is 0 Å². The Morgan fingerprint density at radius 2 is 2.00 bits per heavy atom. The van der Waals surface area contributed by atoms with Gasteiger partial charge in [0.05, 0.1) is 5.52 Å². The average molecular weight is 272 g/mol. The van der Waals surface area contributed by atoms with Crippen LogP contribution in [0.25, 0.3) is 5.52 Å². The molecule has 1 fully saturated rings. The molecule has 0 radical (unpaired) electrons. The molecule has 0 aromatic carbocycles. The van der Waals surface area contributed by atoms with Crippen LogP contribution in [0.4, 0.5) is 10.5 Å². The van der Waals surface area contributed by atoms with Crippen molar-refractivity contribution in [3.05, 3.63) is 30.6 Å². The third-order valence-corrected chi connectivity index (χ3v) is 3.85. The molecule has 0 bridgehead atoms. The molecule has 2 aromatic rings. The highest BCUT2D eigenvalue weighted by Gasteiger charge is 2.14. The molecule has 5 heteroatoms. The Morgan fingerprint density at radius 1 is 1.20 bits per heavy atom. The van der Waals surface area contributed by atoms with Gasteiger partial charge in [-0.25, -0.2) is 9.31 Å². The predicted octanol–water partition coefficient (Wildman–Crippen LogP) is 3.18. The lowest BCUT2D eigenvalue weighted by atomic mass is 10.1. The number of carbonyl (C=O) groups excluding carboxylic acids is 1. The highest BCUT2D eigenvalue weighted by Crippen LogP contribution is 2.17. The molecule has 0 atom stereocenters. The Hall–Kier alpha value is -2.04. The van der Waals surface area contributed by atoms with Crippen molar-refractivity contribution in [3.8, 4) is 0 Å². The van der Waals surface area contributed by atoms with Crippen molar-refractivity contribution in [2.24, 2.45) is 0 Å². The van der Waals surface area contributed by atoms with Crippen LogP contribution in [0.5, 0.6) is 0 Å². The first-order valence-electron chi connectivity index (χ1n) is 7.32. The molecule has 0 spiro atoms. The maximum absolute atomic E-state index is 12.0. The van der Waals surface area contributed by atoms with E-state index in [-0.39, 0.29) is 6.03 Å². The van der Waals surface area contributed by atoms with Crippen molar-refractivity contribution in [3.63, 3.8) is 0 Å². The van der Waals surface area contributed by atoms with Gasteiger partial charge >= 0.3 is 6.03 Å². The molecule has 2 N–H and O–H groups in total. The lowest BCUT2D eigenvalue weighted by Gasteiger charge is -2.16. The number of anilines is 1. The molecule has 106 valence electrons. The number of nitrogens with one attached hydrogen (secondary N) is 2. The fourth-order valence-electron chi connectivity index (χ4n) is 2.78. The largest absolute Gasteiger partial charge is 0.335 e. The Morgan fingerprint density at radius 3 is 2.80 bits per heavy atom. The number of rotatable bonds is 2. The number of aromatic nitrogens is 2. The fourth-order valence-corrected chi connectivity index (χ4v) is 2.78. The topological polar surface area (TPSA) is 58.4 Å². The summed E-state index contributed by atoms with van der Waals surface area (Å²) in [5.74, 6) is 0. The Labute approximate surface area is 118 Å². The van der Waals surface area contributed by atoms with Crippen molar-refractivity contribution in [2.75, 3.05) is 5.32 Å². The number of fused-ring (bicyclic) bond motifs is 1. The molecule has 0 aliphatic heterocycles. The summed E-state index contributed by atoms with van der Waals surface area (Å²) in [4.78, 5) is 12.0. The maximum Gasteiger partial charge on any atom is 0.319 e. The lowest BCUT2D eigenvalue weighted by molar-refractivity contribution is 0.247. The van der Waals surface area contributed by atoms with Crippen molar-refractivity contribution in [1.82, 2.24) is 14.9 Å². The molecule has 1 aliphatic carbocycles. The number of urea groups is 1. The summed E-state index contributed by atoms with van der Waals surface area (Å²) < 4.78 is 1.77. The van der Waals surface area contributed by atoms with Gasteiger partial charge in [0.25, 0.3) is 0 Å². The van der Waals surface area contributed by atoms with E-state index in [4.69, 9.17) is 0 Å². The van der Waals surface area contributed by atoms with Gasteiger partial charge in [-0.3, -0.25) is 0 Å². The zero-order valence-electron chi connectivity index (χ0n) is 11.5. The number of amides is 2. The summed E-state index contributed by atoms with van der Waals surface area (Å²) in [6.07, 6.45) is 10.8. The van der Waals surface area contributed by atoms with E-state index in [2.05, 4.69) is 15.7 Å². The van der Waals surface area contributed by atoms with Gasteiger partial charge in [-0.05, 0) is 31.0 Å². The second kappa shape index (κ2) is 5.94. The number of nitrogens with zero attached hydrogens (tertiary/aromatic N) is 2. The molecule has 2 heterocycles. The molecule has 2 amide bonds. The zero-order valence-corrected chi connectivity index (χ0v) is 11.5. The Kier molecular flexibility index (Phi) is 3.85. The van der Waals surface area contributed by atoms with Gasteiger partial charge in [0, 0.05) is 24.1 Å². The van der Waals surface area contributed by atoms with E-state index in [9.17, 15) is 4.79 Å². The molecule has 20 heavy (non-hydrogen) atoms. The molecular weight excluding hydrogens is 252 g/mol. The van der Waals surface area contributed by atoms with E-state index >= 15 is 0 Å². The first kappa shape index (κ1) is 13.0. The second-order valence-corrected chi connectivity index (χ2v) is 5.40. The molecule has 1 saturated carbocycles. The smallest absolute Gasteiger partial charge is 0.319 e. The van der Waals surface area contributed by atoms with Gasteiger partial charge in [0.1, 0.15) is 0 Å². The number of hydrogen-bond donors (Lipinski definition) is 2. The second-order valence-electron chi connectivity index (χ2n) is 5.40. The first-order chi connectivity index (χ1) is 9.81. The van der Waals surface area contributed by atoms with Gasteiger partial charge in [-0.15, -0.1) is 0 Å². The van der Waals surface area contributed by atoms with E-state index in [0.29, 0.717) is 6.04 Å². The van der Waals surface area contributed by atoms with E-state index in [1.54, 1.807) is 10.7 Å². The van der Waals surface area contributed by atoms with Crippen LogP contribution in [0.15, 0.2) is 30.6 Å². The van der Waals surface area contributed by atoms with Crippen LogP contribution >= 0.6 is 0 Å². The van der Waals surface area contributed by atoms with E-state index in [0.717, 1.165) is 24.0 Å². The SMILES string of the molecule is O=C(Nc1ccn2nccc2c1)NC1CCCCCC1. The molecule has 2 aromatic heterocycles. The first-order valence-corrected chi connectivity index (χ1v) is 7.32. The monoisotopic (exact) mass is 272 g/mol. The van der Waals surface area contributed by atoms with Crippen LogP contribution in [0, 0.1) is 0 Å². The minimum absolute atomic E-state index is 0.110. The molecule has 0 saturated heterocycles. The van der Waals surface area contributed by atoms with Gasteiger partial charge in [-0.1, -0.05) is 25.7 Å². The normalized spacial score (nSPS) is 16.8. The lowest BCUT2D eigenvalue weighted by Crippen LogP contribution is -2.37. The van der Waals surface area contributed by atoms with Crippen LogP contribution < -0.4 is 10.6 Å². The van der Waals surface area contributed by atoms with Crippen molar-refractivity contribution in [2.45, 2.75) is 44.6 Å². The van der Waals surface area contributed by atoms with Gasteiger partial charge in [-0.2, -0.15) is 5.10 Å². The Balaban J connectivity index is 1.59. The zero-order chi connectivity index (χ0) is 13.8. The highest BCUT2D eigenvalue weighted by molar-refractivity contribution is 5.90. The van der Waals surface area contributed by atoms with E-state index in [1.807, 2.05) is 24.4 Å². The summed E-state index contributed by atoms with van der Waals surface area (Å²) in [6.45, 7) is 0. The van der Waals surface area contributed by atoms with E-state index in [1.165, 1.54) is 25.7 Å². The number of pyridine rings is 1. The minimum atomic E-state index is -0.110. The summed E-state index contributed by atoms with van der Waals surface area (Å²) >= 11 is 0. The van der Waals surface area contributed by atoms with Gasteiger partial charge in [0.15, 0.2) is 0 Å². The molecule has 3 rings (SSSR count). The third-order valence-electron chi connectivity index (χ3n) is 3.85.